The van der Waals surface area contributed by atoms with E-state index in [1.165, 1.54) is 0 Å². The van der Waals surface area contributed by atoms with Gasteiger partial charge in [0, 0.05) is 31.3 Å². The molecule has 0 aliphatic rings. The van der Waals surface area contributed by atoms with E-state index in [1.807, 2.05) is 27.7 Å². The highest BCUT2D eigenvalue weighted by molar-refractivity contribution is 7.09. The molecule has 0 radical (unpaired) electrons. The van der Waals surface area contributed by atoms with E-state index >= 15 is 0 Å². The second-order valence-electron chi connectivity index (χ2n) is 13.6. The Balaban J connectivity index is 2.50. The molecule has 2 rings (SSSR count). The average molecular weight is 750 g/mol. The van der Waals surface area contributed by atoms with Crippen molar-refractivity contribution in [2.45, 2.75) is 125 Å². The highest BCUT2D eigenvalue weighted by Gasteiger charge is 2.38. The Morgan fingerprint density at radius 2 is 1.51 bits per heavy atom. The summed E-state index contributed by atoms with van der Waals surface area (Å²) in [6.07, 6.45) is 2.01. The van der Waals surface area contributed by atoms with E-state index in [0.717, 1.165) is 42.9 Å². The molecule has 2 amide bonds. The number of nitrogens with zero attached hydrogens (tertiary/aromatic N) is 2. The van der Waals surface area contributed by atoms with Crippen LogP contribution >= 0.6 is 11.3 Å². The number of hydrogen-bond acceptors (Lipinski definition) is 9. The molecule has 0 saturated carbocycles. The molecule has 0 spiro atoms. The second kappa shape index (κ2) is 19.1. The minimum atomic E-state index is -2.42. The molecule has 1 N–H and O–H groups in total. The SMILES string of the molecule is CCCCCCN(C(=O)[C@@H](NC(=O)OC(C)(C)C)[C@@H](C)CC)[C@H](C[C@@H](OC(C)=O)c1nc(C(=O)Oc2c(F)c(F)c(F)c(F)c2F)cs1)C(C)C. The number of amides is 2. The van der Waals surface area contributed by atoms with E-state index < -0.39 is 82.4 Å². The van der Waals surface area contributed by atoms with Crippen molar-refractivity contribution in [1.82, 2.24) is 15.2 Å². The van der Waals surface area contributed by atoms with Gasteiger partial charge in [0.1, 0.15) is 16.7 Å². The monoisotopic (exact) mass is 749 g/mol. The minimum absolute atomic E-state index is 0.00390. The number of unbranched alkanes of at least 4 members (excludes halogenated alkanes) is 3. The first-order chi connectivity index (χ1) is 23.7. The van der Waals surface area contributed by atoms with Crippen molar-refractivity contribution in [3.05, 3.63) is 45.2 Å². The van der Waals surface area contributed by atoms with Crippen LogP contribution in [-0.4, -0.2) is 58.1 Å². The summed E-state index contributed by atoms with van der Waals surface area (Å²) in [4.78, 5) is 58.1. The van der Waals surface area contributed by atoms with Gasteiger partial charge in [-0.2, -0.15) is 8.78 Å². The van der Waals surface area contributed by atoms with Crippen molar-refractivity contribution in [3.63, 3.8) is 0 Å². The Hall–Kier alpha value is -3.82. The minimum Gasteiger partial charge on any atom is -0.455 e. The van der Waals surface area contributed by atoms with E-state index in [2.05, 4.69) is 22.0 Å². The van der Waals surface area contributed by atoms with Crippen molar-refractivity contribution in [1.29, 1.82) is 0 Å². The molecule has 0 bridgehead atoms. The van der Waals surface area contributed by atoms with E-state index in [9.17, 15) is 41.1 Å². The smallest absolute Gasteiger partial charge is 0.408 e. The van der Waals surface area contributed by atoms with E-state index in [4.69, 9.17) is 9.47 Å². The number of ether oxygens (including phenoxy) is 3. The Labute approximate surface area is 299 Å². The summed E-state index contributed by atoms with van der Waals surface area (Å²) in [6, 6.07) is -1.55. The fourth-order valence-electron chi connectivity index (χ4n) is 5.17. The van der Waals surface area contributed by atoms with Gasteiger partial charge in [0.15, 0.2) is 11.8 Å². The Morgan fingerprint density at radius 3 is 2.02 bits per heavy atom. The first-order valence-corrected chi connectivity index (χ1v) is 17.8. The van der Waals surface area contributed by atoms with Crippen molar-refractivity contribution >= 4 is 35.3 Å². The van der Waals surface area contributed by atoms with Gasteiger partial charge in [-0.1, -0.05) is 60.3 Å². The zero-order chi connectivity index (χ0) is 38.8. The first kappa shape index (κ1) is 43.3. The number of esters is 2. The molecular weight excluding hydrogens is 701 g/mol. The third-order valence-corrected chi connectivity index (χ3v) is 8.93. The van der Waals surface area contributed by atoms with Crippen molar-refractivity contribution in [2.24, 2.45) is 11.8 Å². The van der Waals surface area contributed by atoms with Gasteiger partial charge >= 0.3 is 18.0 Å². The topological polar surface area (TPSA) is 124 Å². The zero-order valence-electron chi connectivity index (χ0n) is 30.5. The molecular formula is C35H48F5N3O7S. The molecule has 286 valence electrons. The van der Waals surface area contributed by atoms with Crippen LogP contribution < -0.4 is 10.1 Å². The lowest BCUT2D eigenvalue weighted by Gasteiger charge is -2.39. The van der Waals surface area contributed by atoms with Gasteiger partial charge in [0.05, 0.1) is 0 Å². The van der Waals surface area contributed by atoms with Gasteiger partial charge in [0.25, 0.3) is 0 Å². The number of nitrogens with one attached hydrogen (secondary N) is 1. The molecule has 4 atom stereocenters. The molecule has 2 aromatic rings. The van der Waals surface area contributed by atoms with Crippen LogP contribution in [0.1, 0.15) is 122 Å². The molecule has 0 fully saturated rings. The van der Waals surface area contributed by atoms with E-state index in [1.54, 1.807) is 25.7 Å². The largest absolute Gasteiger partial charge is 0.455 e. The number of hydrogen-bond donors (Lipinski definition) is 1. The van der Waals surface area contributed by atoms with Crippen LogP contribution in [0.2, 0.25) is 0 Å². The number of carbonyl (C=O) groups is 4. The molecule has 0 aliphatic carbocycles. The van der Waals surface area contributed by atoms with Crippen molar-refractivity contribution < 1.29 is 55.3 Å². The number of carbonyl (C=O) groups excluding carboxylic acids is 4. The number of alkyl carbamates (subject to hydrolysis) is 1. The van der Waals surface area contributed by atoms with Crippen LogP contribution in [0.15, 0.2) is 5.38 Å². The standard InChI is InChI=1S/C35H48F5N3O7S/c1-10-12-13-14-15-43(32(45)29(19(5)11-2)42-34(47)50-35(7,8)9)22(18(3)4)16-23(48-20(6)44)31-41-21(17-51-31)33(46)49-30-27(39)25(37)24(36)26(38)28(30)40/h17-19,22-23,29H,10-16H2,1-9H3,(H,42,47)/t19-,22+,23+,29-/m0/s1. The van der Waals surface area contributed by atoms with Gasteiger partial charge in [-0.25, -0.2) is 27.7 Å². The maximum atomic E-state index is 14.4. The average Bonchev–Trinajstić information content (AvgIpc) is 3.55. The summed E-state index contributed by atoms with van der Waals surface area (Å²) in [5, 5.41) is 3.91. The number of aromatic nitrogens is 1. The Bertz CT molecular complexity index is 1500. The fraction of sp³-hybridized carbons (Fsp3) is 0.629. The zero-order valence-corrected chi connectivity index (χ0v) is 31.3. The molecule has 1 aromatic heterocycles. The Kier molecular flexibility index (Phi) is 16.3. The third kappa shape index (κ3) is 12.1. The quantitative estimate of drug-likeness (QED) is 0.0427. The maximum absolute atomic E-state index is 14.4. The summed E-state index contributed by atoms with van der Waals surface area (Å²) in [6.45, 7) is 16.1. The van der Waals surface area contributed by atoms with Gasteiger partial charge < -0.3 is 24.4 Å². The lowest BCUT2D eigenvalue weighted by molar-refractivity contribution is -0.149. The fourth-order valence-corrected chi connectivity index (χ4v) is 6.00. The molecule has 51 heavy (non-hydrogen) atoms. The van der Waals surface area contributed by atoms with Crippen LogP contribution in [0, 0.1) is 40.9 Å². The normalized spacial score (nSPS) is 14.0. The van der Waals surface area contributed by atoms with Gasteiger partial charge in [-0.3, -0.25) is 9.59 Å². The van der Waals surface area contributed by atoms with Gasteiger partial charge in [0.2, 0.25) is 40.7 Å². The summed E-state index contributed by atoms with van der Waals surface area (Å²) in [5.74, 6) is -16.6. The van der Waals surface area contributed by atoms with Crippen LogP contribution in [0.4, 0.5) is 26.7 Å². The van der Waals surface area contributed by atoms with E-state index in [-0.39, 0.29) is 29.2 Å². The molecule has 1 aromatic carbocycles. The molecule has 0 saturated heterocycles. The predicted molar refractivity (Wildman–Crippen MR) is 180 cm³/mol. The third-order valence-electron chi connectivity index (χ3n) is 7.99. The maximum Gasteiger partial charge on any atom is 0.408 e. The van der Waals surface area contributed by atoms with E-state index in [0.29, 0.717) is 19.4 Å². The lowest BCUT2D eigenvalue weighted by Crippen LogP contribution is -2.56. The molecule has 0 unspecified atom stereocenters. The van der Waals surface area contributed by atoms with Gasteiger partial charge in [-0.05, 0) is 39.0 Å². The number of halogens is 5. The highest BCUT2D eigenvalue weighted by Crippen LogP contribution is 2.33. The highest BCUT2D eigenvalue weighted by atomic mass is 32.1. The number of thiazole rings is 1. The van der Waals surface area contributed by atoms with Gasteiger partial charge in [-0.15, -0.1) is 11.3 Å². The number of rotatable bonds is 17. The van der Waals surface area contributed by atoms with Crippen molar-refractivity contribution in [3.8, 4) is 5.75 Å². The van der Waals surface area contributed by atoms with Crippen LogP contribution in [0.3, 0.4) is 0 Å². The Morgan fingerprint density at radius 1 is 0.922 bits per heavy atom. The molecule has 1 heterocycles. The van der Waals surface area contributed by atoms with Crippen molar-refractivity contribution in [2.75, 3.05) is 6.54 Å². The summed E-state index contributed by atoms with van der Waals surface area (Å²) in [5.41, 5.74) is -1.36. The second-order valence-corrected chi connectivity index (χ2v) is 14.5. The first-order valence-electron chi connectivity index (χ1n) is 16.9. The predicted octanol–water partition coefficient (Wildman–Crippen LogP) is 8.43. The summed E-state index contributed by atoms with van der Waals surface area (Å²) < 4.78 is 84.8. The molecule has 10 nitrogen and oxygen atoms in total. The summed E-state index contributed by atoms with van der Waals surface area (Å²) in [7, 11) is 0. The number of benzene rings is 1. The van der Waals surface area contributed by atoms with Crippen LogP contribution in [-0.2, 0) is 19.1 Å². The molecule has 16 heteroatoms. The molecule has 0 aliphatic heterocycles. The lowest BCUT2D eigenvalue weighted by atomic mass is 9.92. The van der Waals surface area contributed by atoms with Crippen LogP contribution in [0.25, 0.3) is 0 Å². The van der Waals surface area contributed by atoms with Crippen LogP contribution in [0.5, 0.6) is 5.75 Å². The summed E-state index contributed by atoms with van der Waals surface area (Å²) >= 11 is 0.821.